The van der Waals surface area contributed by atoms with E-state index in [2.05, 4.69) is 13.8 Å². The quantitative estimate of drug-likeness (QED) is 0.683. The second-order valence-corrected chi connectivity index (χ2v) is 8.93. The zero-order valence-corrected chi connectivity index (χ0v) is 13.4. The molecule has 20 heavy (non-hydrogen) atoms. The number of hydrogen-bond donors (Lipinski definition) is 1. The molecular weight excluding hydrogens is 244 g/mol. The molecule has 0 amide bonds. The lowest BCUT2D eigenvalue weighted by molar-refractivity contribution is -0.0755. The van der Waals surface area contributed by atoms with E-state index >= 15 is 0 Å². The van der Waals surface area contributed by atoms with Crippen LogP contribution in [0.4, 0.5) is 0 Å². The third-order valence-electron chi connectivity index (χ3n) is 8.40. The molecule has 4 saturated carbocycles. The standard InChI is InChI=1S/C19H32O/c1-12-3-8-18-17-6-4-13-11-14(20)5-7-15(13)16(17)9-10-19(12,18)2/h12-18,20H,3-11H2,1-2H3. The van der Waals surface area contributed by atoms with Crippen molar-refractivity contribution in [3.63, 3.8) is 0 Å². The largest absolute Gasteiger partial charge is 0.393 e. The smallest absolute Gasteiger partial charge is 0.0543 e. The van der Waals surface area contributed by atoms with Crippen LogP contribution in [0.3, 0.4) is 0 Å². The maximum Gasteiger partial charge on any atom is 0.0543 e. The van der Waals surface area contributed by atoms with E-state index in [0.717, 1.165) is 48.3 Å². The van der Waals surface area contributed by atoms with Crippen molar-refractivity contribution >= 4 is 0 Å². The highest BCUT2D eigenvalue weighted by atomic mass is 16.3. The summed E-state index contributed by atoms with van der Waals surface area (Å²) < 4.78 is 0. The lowest BCUT2D eigenvalue weighted by Crippen LogP contribution is -2.48. The van der Waals surface area contributed by atoms with Crippen LogP contribution in [0.5, 0.6) is 0 Å². The summed E-state index contributed by atoms with van der Waals surface area (Å²) in [7, 11) is 0. The van der Waals surface area contributed by atoms with E-state index in [1.54, 1.807) is 0 Å². The summed E-state index contributed by atoms with van der Waals surface area (Å²) in [6.07, 6.45) is 12.4. The van der Waals surface area contributed by atoms with Crippen molar-refractivity contribution in [2.45, 2.75) is 77.7 Å². The fourth-order valence-corrected chi connectivity index (χ4v) is 7.09. The van der Waals surface area contributed by atoms with Gasteiger partial charge >= 0.3 is 0 Å². The van der Waals surface area contributed by atoms with Crippen LogP contribution in [-0.4, -0.2) is 11.2 Å². The van der Waals surface area contributed by atoms with Crippen molar-refractivity contribution in [3.8, 4) is 0 Å². The van der Waals surface area contributed by atoms with Crippen LogP contribution in [0.1, 0.15) is 71.6 Å². The molecule has 0 saturated heterocycles. The number of hydrogen-bond acceptors (Lipinski definition) is 1. The minimum Gasteiger partial charge on any atom is -0.393 e. The molecule has 4 fully saturated rings. The predicted octanol–water partition coefficient (Wildman–Crippen LogP) is 4.64. The molecule has 1 nitrogen and oxygen atoms in total. The van der Waals surface area contributed by atoms with Gasteiger partial charge in [0.1, 0.15) is 0 Å². The van der Waals surface area contributed by atoms with Crippen LogP contribution < -0.4 is 0 Å². The molecule has 0 radical (unpaired) electrons. The SMILES string of the molecule is CC1CCC2C3CCC4CC(O)CCC4C3CCC12C. The fourth-order valence-electron chi connectivity index (χ4n) is 7.09. The zero-order chi connectivity index (χ0) is 13.9. The van der Waals surface area contributed by atoms with E-state index in [1.807, 2.05) is 0 Å². The number of rotatable bonds is 0. The maximum atomic E-state index is 9.97. The molecule has 1 heteroatoms. The van der Waals surface area contributed by atoms with Gasteiger partial charge in [-0.3, -0.25) is 0 Å². The molecule has 0 aromatic rings. The van der Waals surface area contributed by atoms with Crippen molar-refractivity contribution in [1.29, 1.82) is 0 Å². The van der Waals surface area contributed by atoms with Gasteiger partial charge < -0.3 is 5.11 Å². The minimum absolute atomic E-state index is 0.0214. The highest BCUT2D eigenvalue weighted by Crippen LogP contribution is 2.63. The van der Waals surface area contributed by atoms with Gasteiger partial charge in [0, 0.05) is 0 Å². The molecule has 8 unspecified atom stereocenters. The normalized spacial score (nSPS) is 58.6. The Kier molecular flexibility index (Phi) is 3.22. The summed E-state index contributed by atoms with van der Waals surface area (Å²) in [5.41, 5.74) is 0.669. The Morgan fingerprint density at radius 1 is 0.850 bits per heavy atom. The fraction of sp³-hybridized carbons (Fsp3) is 1.00. The summed E-state index contributed by atoms with van der Waals surface area (Å²) >= 11 is 0. The topological polar surface area (TPSA) is 20.2 Å². The van der Waals surface area contributed by atoms with Gasteiger partial charge in [0.25, 0.3) is 0 Å². The van der Waals surface area contributed by atoms with Crippen molar-refractivity contribution < 1.29 is 5.11 Å². The lowest BCUT2D eigenvalue weighted by atomic mass is 9.50. The highest BCUT2D eigenvalue weighted by Gasteiger charge is 2.55. The number of aliphatic hydroxyl groups excluding tert-OH is 1. The van der Waals surface area contributed by atoms with Crippen molar-refractivity contribution in [1.82, 2.24) is 0 Å². The van der Waals surface area contributed by atoms with Crippen LogP contribution in [0.25, 0.3) is 0 Å². The Morgan fingerprint density at radius 3 is 2.50 bits per heavy atom. The average molecular weight is 276 g/mol. The molecule has 0 aliphatic heterocycles. The molecule has 0 heterocycles. The summed E-state index contributed by atoms with van der Waals surface area (Å²) in [5, 5.41) is 9.97. The second-order valence-electron chi connectivity index (χ2n) is 8.93. The van der Waals surface area contributed by atoms with Gasteiger partial charge in [0.2, 0.25) is 0 Å². The van der Waals surface area contributed by atoms with E-state index in [9.17, 15) is 5.11 Å². The molecule has 4 rings (SSSR count). The predicted molar refractivity (Wildman–Crippen MR) is 82.3 cm³/mol. The zero-order valence-electron chi connectivity index (χ0n) is 13.4. The molecule has 4 aliphatic rings. The van der Waals surface area contributed by atoms with E-state index in [0.29, 0.717) is 5.41 Å². The van der Waals surface area contributed by atoms with Crippen LogP contribution in [0.15, 0.2) is 0 Å². The van der Waals surface area contributed by atoms with E-state index in [-0.39, 0.29) is 6.10 Å². The molecule has 0 bridgehead atoms. The third kappa shape index (κ3) is 1.84. The van der Waals surface area contributed by atoms with Gasteiger partial charge in [-0.05, 0) is 98.7 Å². The Balaban J connectivity index is 1.57. The maximum absolute atomic E-state index is 9.97. The summed E-state index contributed by atoms with van der Waals surface area (Å²) in [6, 6.07) is 0. The first kappa shape index (κ1) is 13.6. The first-order valence-corrected chi connectivity index (χ1v) is 9.27. The van der Waals surface area contributed by atoms with E-state index in [4.69, 9.17) is 0 Å². The van der Waals surface area contributed by atoms with E-state index < -0.39 is 0 Å². The van der Waals surface area contributed by atoms with Gasteiger partial charge in [-0.2, -0.15) is 0 Å². The van der Waals surface area contributed by atoms with Gasteiger partial charge in [0.05, 0.1) is 6.10 Å². The Hall–Kier alpha value is -0.0400. The Bertz CT molecular complexity index is 378. The molecular formula is C19H32O. The van der Waals surface area contributed by atoms with Crippen molar-refractivity contribution in [3.05, 3.63) is 0 Å². The molecule has 1 N–H and O–H groups in total. The molecule has 8 atom stereocenters. The molecule has 0 aromatic heterocycles. The van der Waals surface area contributed by atoms with Crippen LogP contribution in [-0.2, 0) is 0 Å². The molecule has 0 aromatic carbocycles. The Labute approximate surface area is 124 Å². The molecule has 0 spiro atoms. The summed E-state index contributed by atoms with van der Waals surface area (Å²) in [6.45, 7) is 5.13. The molecule has 114 valence electrons. The van der Waals surface area contributed by atoms with Gasteiger partial charge in [0.15, 0.2) is 0 Å². The van der Waals surface area contributed by atoms with Crippen molar-refractivity contribution in [2.75, 3.05) is 0 Å². The highest BCUT2D eigenvalue weighted by molar-refractivity contribution is 5.05. The summed E-state index contributed by atoms with van der Waals surface area (Å²) in [4.78, 5) is 0. The first-order chi connectivity index (χ1) is 9.59. The Morgan fingerprint density at radius 2 is 1.65 bits per heavy atom. The van der Waals surface area contributed by atoms with Gasteiger partial charge in [-0.15, -0.1) is 0 Å². The van der Waals surface area contributed by atoms with Gasteiger partial charge in [-0.1, -0.05) is 13.8 Å². The number of fused-ring (bicyclic) bond motifs is 5. The lowest BCUT2D eigenvalue weighted by Gasteiger charge is -2.56. The van der Waals surface area contributed by atoms with Gasteiger partial charge in [-0.25, -0.2) is 0 Å². The van der Waals surface area contributed by atoms with Crippen LogP contribution >= 0.6 is 0 Å². The summed E-state index contributed by atoms with van der Waals surface area (Å²) in [5.74, 6) is 5.88. The van der Waals surface area contributed by atoms with Crippen molar-refractivity contribution in [2.24, 2.45) is 40.9 Å². The monoisotopic (exact) mass is 276 g/mol. The average Bonchev–Trinajstić information content (AvgIpc) is 2.74. The minimum atomic E-state index is 0.0214. The first-order valence-electron chi connectivity index (χ1n) is 9.27. The molecule has 4 aliphatic carbocycles. The second kappa shape index (κ2) is 4.73. The van der Waals surface area contributed by atoms with Crippen LogP contribution in [0.2, 0.25) is 0 Å². The van der Waals surface area contributed by atoms with Crippen LogP contribution in [0, 0.1) is 40.9 Å². The number of aliphatic hydroxyl groups is 1. The third-order valence-corrected chi connectivity index (χ3v) is 8.40. The van der Waals surface area contributed by atoms with E-state index in [1.165, 1.54) is 44.9 Å².